The Balaban J connectivity index is 2.09. The molecular formula is C15H15FN2O3. The van der Waals surface area contributed by atoms with Crippen molar-refractivity contribution in [1.82, 2.24) is 0 Å². The maximum Gasteiger partial charge on any atom is 0.170 e. The van der Waals surface area contributed by atoms with Crippen LogP contribution in [0.1, 0.15) is 16.7 Å². The summed E-state index contributed by atoms with van der Waals surface area (Å²) in [6.07, 6.45) is 0. The first-order valence-corrected chi connectivity index (χ1v) is 6.23. The molecule has 2 rings (SSSR count). The molecule has 4 N–H and O–H groups in total. The molecule has 0 aliphatic rings. The fourth-order valence-electron chi connectivity index (χ4n) is 1.78. The number of oxime groups is 1. The highest BCUT2D eigenvalue weighted by Gasteiger charge is 2.07. The summed E-state index contributed by atoms with van der Waals surface area (Å²) in [5.74, 6) is -0.115. The zero-order chi connectivity index (χ0) is 15.2. The van der Waals surface area contributed by atoms with Crippen LogP contribution in [-0.4, -0.2) is 16.1 Å². The van der Waals surface area contributed by atoms with Crippen LogP contribution in [0.3, 0.4) is 0 Å². The van der Waals surface area contributed by atoms with E-state index in [9.17, 15) is 4.39 Å². The molecule has 0 fully saturated rings. The van der Waals surface area contributed by atoms with Crippen molar-refractivity contribution in [2.75, 3.05) is 0 Å². The Hall–Kier alpha value is -2.60. The standard InChI is InChI=1S/C15H15FN2O3/c16-14-7-11(15(17)18-20)4-5-12(14)9-21-13-3-1-2-10(6-13)8-19/h1-7,19-20H,8-9H2,(H2,17,18). The molecule has 0 radical (unpaired) electrons. The quantitative estimate of drug-likeness (QED) is 0.340. The van der Waals surface area contributed by atoms with Crippen LogP contribution in [0.4, 0.5) is 4.39 Å². The van der Waals surface area contributed by atoms with Gasteiger partial charge in [-0.3, -0.25) is 0 Å². The van der Waals surface area contributed by atoms with E-state index in [1.54, 1.807) is 30.3 Å². The van der Waals surface area contributed by atoms with E-state index in [4.69, 9.17) is 20.8 Å². The van der Waals surface area contributed by atoms with Crippen molar-refractivity contribution < 1.29 is 19.4 Å². The molecule has 0 unspecified atom stereocenters. The second-order valence-corrected chi connectivity index (χ2v) is 4.39. The normalized spacial score (nSPS) is 11.4. The topological polar surface area (TPSA) is 88.1 Å². The number of nitrogens with zero attached hydrogens (tertiary/aromatic N) is 1. The third kappa shape index (κ3) is 3.70. The van der Waals surface area contributed by atoms with Gasteiger partial charge in [0.05, 0.1) is 6.61 Å². The van der Waals surface area contributed by atoms with E-state index >= 15 is 0 Å². The fraction of sp³-hybridized carbons (Fsp3) is 0.133. The van der Waals surface area contributed by atoms with Gasteiger partial charge in [-0.25, -0.2) is 4.39 Å². The van der Waals surface area contributed by atoms with Crippen molar-refractivity contribution in [3.63, 3.8) is 0 Å². The Morgan fingerprint density at radius 3 is 2.71 bits per heavy atom. The number of halogens is 1. The van der Waals surface area contributed by atoms with E-state index in [0.29, 0.717) is 16.9 Å². The van der Waals surface area contributed by atoms with E-state index in [1.165, 1.54) is 12.1 Å². The van der Waals surface area contributed by atoms with E-state index in [0.717, 1.165) is 5.56 Å². The van der Waals surface area contributed by atoms with Gasteiger partial charge in [0.2, 0.25) is 0 Å². The van der Waals surface area contributed by atoms with Crippen molar-refractivity contribution >= 4 is 5.84 Å². The minimum Gasteiger partial charge on any atom is -0.489 e. The summed E-state index contributed by atoms with van der Waals surface area (Å²) in [4.78, 5) is 0. The van der Waals surface area contributed by atoms with Crippen molar-refractivity contribution in [2.24, 2.45) is 10.9 Å². The zero-order valence-corrected chi connectivity index (χ0v) is 11.2. The molecule has 0 spiro atoms. The molecule has 0 aliphatic heterocycles. The van der Waals surface area contributed by atoms with Gasteiger partial charge < -0.3 is 20.8 Å². The van der Waals surface area contributed by atoms with Gasteiger partial charge in [0.25, 0.3) is 0 Å². The van der Waals surface area contributed by atoms with Crippen LogP contribution in [0, 0.1) is 5.82 Å². The molecule has 2 aromatic carbocycles. The highest BCUT2D eigenvalue weighted by molar-refractivity contribution is 5.97. The van der Waals surface area contributed by atoms with Crippen molar-refractivity contribution in [3.8, 4) is 5.75 Å². The SMILES string of the molecule is NC(=NO)c1ccc(COc2cccc(CO)c2)c(F)c1. The number of aliphatic hydroxyl groups excluding tert-OH is 1. The number of amidine groups is 1. The highest BCUT2D eigenvalue weighted by atomic mass is 19.1. The minimum absolute atomic E-state index is 0.0389. The number of nitrogens with two attached hydrogens (primary N) is 1. The zero-order valence-electron chi connectivity index (χ0n) is 11.2. The lowest BCUT2D eigenvalue weighted by molar-refractivity contribution is 0.277. The molecule has 0 atom stereocenters. The van der Waals surface area contributed by atoms with E-state index in [-0.39, 0.29) is 19.0 Å². The molecule has 0 bridgehead atoms. The monoisotopic (exact) mass is 290 g/mol. The largest absolute Gasteiger partial charge is 0.489 e. The van der Waals surface area contributed by atoms with Gasteiger partial charge in [0.1, 0.15) is 18.2 Å². The predicted octanol–water partition coefficient (Wildman–Crippen LogP) is 1.99. The summed E-state index contributed by atoms with van der Waals surface area (Å²) in [5, 5.41) is 20.4. The molecule has 2 aromatic rings. The second kappa shape index (κ2) is 6.71. The second-order valence-electron chi connectivity index (χ2n) is 4.39. The fourth-order valence-corrected chi connectivity index (χ4v) is 1.78. The van der Waals surface area contributed by atoms with Gasteiger partial charge in [0, 0.05) is 11.1 Å². The molecule has 0 aliphatic carbocycles. The first-order valence-electron chi connectivity index (χ1n) is 6.23. The lowest BCUT2D eigenvalue weighted by atomic mass is 10.1. The van der Waals surface area contributed by atoms with Gasteiger partial charge in [-0.2, -0.15) is 0 Å². The molecule has 0 saturated carbocycles. The summed E-state index contributed by atoms with van der Waals surface area (Å²) in [6.45, 7) is -0.0444. The molecule has 0 aromatic heterocycles. The lowest BCUT2D eigenvalue weighted by Crippen LogP contribution is -2.13. The number of aliphatic hydroxyl groups is 1. The summed E-state index contributed by atoms with van der Waals surface area (Å²) in [5.41, 5.74) is 6.75. The Morgan fingerprint density at radius 2 is 2.05 bits per heavy atom. The lowest BCUT2D eigenvalue weighted by Gasteiger charge is -2.09. The smallest absolute Gasteiger partial charge is 0.170 e. The Labute approximate surface area is 121 Å². The van der Waals surface area contributed by atoms with Gasteiger partial charge in [-0.15, -0.1) is 0 Å². The summed E-state index contributed by atoms with van der Waals surface area (Å²) in [6, 6.07) is 11.2. The maximum absolute atomic E-state index is 13.9. The molecule has 110 valence electrons. The van der Waals surface area contributed by atoms with Crippen LogP contribution >= 0.6 is 0 Å². The molecule has 6 heteroatoms. The van der Waals surface area contributed by atoms with Gasteiger partial charge in [0.15, 0.2) is 5.84 Å². The average Bonchev–Trinajstić information content (AvgIpc) is 2.53. The third-order valence-corrected chi connectivity index (χ3v) is 2.93. The molecule has 0 heterocycles. The molecule has 5 nitrogen and oxygen atoms in total. The summed E-state index contributed by atoms with van der Waals surface area (Å²) in [7, 11) is 0. The number of ether oxygens (including phenoxy) is 1. The Bertz CT molecular complexity index is 659. The van der Waals surface area contributed by atoms with Gasteiger partial charge >= 0.3 is 0 Å². The first kappa shape index (κ1) is 14.8. The van der Waals surface area contributed by atoms with Crippen LogP contribution in [0.2, 0.25) is 0 Å². The minimum atomic E-state index is -0.502. The third-order valence-electron chi connectivity index (χ3n) is 2.93. The van der Waals surface area contributed by atoms with Crippen LogP contribution in [-0.2, 0) is 13.2 Å². The van der Waals surface area contributed by atoms with Crippen LogP contribution in [0.15, 0.2) is 47.6 Å². The summed E-state index contributed by atoms with van der Waals surface area (Å²) < 4.78 is 19.4. The van der Waals surface area contributed by atoms with Gasteiger partial charge in [-0.05, 0) is 23.8 Å². The molecule has 0 amide bonds. The van der Waals surface area contributed by atoms with Crippen LogP contribution in [0.25, 0.3) is 0 Å². The molecular weight excluding hydrogens is 275 g/mol. The van der Waals surface area contributed by atoms with Crippen molar-refractivity contribution in [1.29, 1.82) is 0 Å². The van der Waals surface area contributed by atoms with Crippen molar-refractivity contribution in [2.45, 2.75) is 13.2 Å². The first-order chi connectivity index (χ1) is 10.1. The van der Waals surface area contributed by atoms with Gasteiger partial charge in [-0.1, -0.05) is 29.4 Å². The van der Waals surface area contributed by atoms with Crippen LogP contribution < -0.4 is 10.5 Å². The number of rotatable bonds is 5. The number of benzene rings is 2. The highest BCUT2D eigenvalue weighted by Crippen LogP contribution is 2.17. The molecule has 0 saturated heterocycles. The summed E-state index contributed by atoms with van der Waals surface area (Å²) >= 11 is 0. The van der Waals surface area contributed by atoms with E-state index in [2.05, 4.69) is 5.16 Å². The predicted molar refractivity (Wildman–Crippen MR) is 75.6 cm³/mol. The van der Waals surface area contributed by atoms with E-state index in [1.807, 2.05) is 0 Å². The molecule has 21 heavy (non-hydrogen) atoms. The Kier molecular flexibility index (Phi) is 4.73. The number of hydrogen-bond acceptors (Lipinski definition) is 4. The van der Waals surface area contributed by atoms with Crippen molar-refractivity contribution in [3.05, 3.63) is 65.0 Å². The van der Waals surface area contributed by atoms with Crippen LogP contribution in [0.5, 0.6) is 5.75 Å². The Morgan fingerprint density at radius 1 is 1.24 bits per heavy atom. The van der Waals surface area contributed by atoms with E-state index < -0.39 is 5.82 Å². The average molecular weight is 290 g/mol. The number of hydrogen-bond donors (Lipinski definition) is 3. The maximum atomic E-state index is 13.9.